The number of aryl methyl sites for hydroxylation is 1. The molecule has 33 heavy (non-hydrogen) atoms. The number of ketones is 1. The summed E-state index contributed by atoms with van der Waals surface area (Å²) in [5.41, 5.74) is 3.57. The number of hydrogen-bond donors (Lipinski definition) is 0. The van der Waals surface area contributed by atoms with Gasteiger partial charge in [-0.15, -0.1) is 0 Å². The van der Waals surface area contributed by atoms with Crippen molar-refractivity contribution in [1.29, 1.82) is 0 Å². The van der Waals surface area contributed by atoms with E-state index in [1.165, 1.54) is 16.3 Å². The van der Waals surface area contributed by atoms with Gasteiger partial charge >= 0.3 is 0 Å². The highest BCUT2D eigenvalue weighted by molar-refractivity contribution is 7.99. The Balaban J connectivity index is 1.80. The van der Waals surface area contributed by atoms with Crippen molar-refractivity contribution in [2.45, 2.75) is 19.0 Å². The van der Waals surface area contributed by atoms with Gasteiger partial charge in [0.2, 0.25) is 0 Å². The van der Waals surface area contributed by atoms with E-state index in [2.05, 4.69) is 0 Å². The van der Waals surface area contributed by atoms with Crippen molar-refractivity contribution in [1.82, 2.24) is 14.1 Å². The molecule has 2 heterocycles. The van der Waals surface area contributed by atoms with Crippen molar-refractivity contribution in [2.75, 3.05) is 20.0 Å². The van der Waals surface area contributed by atoms with Crippen LogP contribution in [0.1, 0.15) is 21.7 Å². The first kappa shape index (κ1) is 22.7. The molecule has 7 nitrogen and oxygen atoms in total. The fourth-order valence-corrected chi connectivity index (χ4v) is 4.64. The molecule has 170 valence electrons. The Morgan fingerprint density at radius 3 is 2.42 bits per heavy atom. The van der Waals surface area contributed by atoms with Crippen molar-refractivity contribution in [2.24, 2.45) is 7.05 Å². The summed E-state index contributed by atoms with van der Waals surface area (Å²) in [6, 6.07) is 14.3. The molecule has 0 aliphatic carbocycles. The van der Waals surface area contributed by atoms with Crippen LogP contribution in [0.15, 0.2) is 58.5 Å². The van der Waals surface area contributed by atoms with E-state index in [1.54, 1.807) is 50.6 Å². The molecular formula is C25H25N3O4S. The van der Waals surface area contributed by atoms with Gasteiger partial charge in [0.05, 0.1) is 36.6 Å². The molecule has 0 unspecified atom stereocenters. The number of ether oxygens (including phenoxy) is 2. The number of hydrogen-bond acceptors (Lipinski definition) is 6. The summed E-state index contributed by atoms with van der Waals surface area (Å²) in [4.78, 5) is 31.2. The molecule has 0 atom stereocenters. The fraction of sp³-hybridized carbons (Fsp3) is 0.240. The van der Waals surface area contributed by atoms with Crippen molar-refractivity contribution >= 4 is 28.4 Å². The lowest BCUT2D eigenvalue weighted by molar-refractivity contribution is 0.102. The zero-order valence-electron chi connectivity index (χ0n) is 19.2. The number of para-hydroxylation sites is 1. The quantitative estimate of drug-likeness (QED) is 0.231. The van der Waals surface area contributed by atoms with Crippen LogP contribution in [-0.2, 0) is 7.05 Å². The molecular weight excluding hydrogens is 438 g/mol. The van der Waals surface area contributed by atoms with Crippen molar-refractivity contribution in [3.63, 3.8) is 0 Å². The van der Waals surface area contributed by atoms with Crippen molar-refractivity contribution < 1.29 is 14.3 Å². The van der Waals surface area contributed by atoms with E-state index in [9.17, 15) is 9.59 Å². The Labute approximate surface area is 196 Å². The molecule has 2 aromatic carbocycles. The second kappa shape index (κ2) is 9.15. The van der Waals surface area contributed by atoms with Gasteiger partial charge in [-0.3, -0.25) is 14.2 Å². The predicted octanol–water partition coefficient (Wildman–Crippen LogP) is 4.33. The number of nitrogens with zero attached hydrogens (tertiary/aromatic N) is 3. The topological polar surface area (TPSA) is 75.4 Å². The van der Waals surface area contributed by atoms with Crippen LogP contribution in [0.3, 0.4) is 0 Å². The largest absolute Gasteiger partial charge is 0.493 e. The monoisotopic (exact) mass is 463 g/mol. The summed E-state index contributed by atoms with van der Waals surface area (Å²) in [5.74, 6) is 1.20. The highest BCUT2D eigenvalue weighted by Crippen LogP contribution is 2.31. The Morgan fingerprint density at radius 1 is 1.03 bits per heavy atom. The molecule has 4 aromatic rings. The van der Waals surface area contributed by atoms with Crippen LogP contribution < -0.4 is 15.0 Å². The fourth-order valence-electron chi connectivity index (χ4n) is 3.75. The van der Waals surface area contributed by atoms with Gasteiger partial charge < -0.3 is 14.0 Å². The Hall–Kier alpha value is -3.52. The van der Waals surface area contributed by atoms with Crippen LogP contribution in [0.2, 0.25) is 0 Å². The van der Waals surface area contributed by atoms with E-state index >= 15 is 0 Å². The Morgan fingerprint density at radius 2 is 1.76 bits per heavy atom. The number of carbonyl (C=O) groups is 1. The maximum atomic E-state index is 13.5. The molecule has 4 rings (SSSR count). The molecule has 8 heteroatoms. The third-order valence-electron chi connectivity index (χ3n) is 5.78. The number of aromatic nitrogens is 3. The van der Waals surface area contributed by atoms with Crippen molar-refractivity contribution in [3.05, 3.63) is 75.8 Å². The summed E-state index contributed by atoms with van der Waals surface area (Å²) < 4.78 is 14.3. The summed E-state index contributed by atoms with van der Waals surface area (Å²) in [6.07, 6.45) is 0. The maximum absolute atomic E-state index is 13.5. The van der Waals surface area contributed by atoms with E-state index in [4.69, 9.17) is 14.5 Å². The second-order valence-corrected chi connectivity index (χ2v) is 8.59. The molecule has 0 saturated carbocycles. The van der Waals surface area contributed by atoms with Gasteiger partial charge in [-0.05, 0) is 44.2 Å². The maximum Gasteiger partial charge on any atom is 0.266 e. The number of Topliss-reactive ketones (excluding diaryl/α,β-unsaturated/α-hetero) is 1. The lowest BCUT2D eigenvalue weighted by Gasteiger charge is -2.15. The summed E-state index contributed by atoms with van der Waals surface area (Å²) in [6.45, 7) is 3.90. The zero-order valence-corrected chi connectivity index (χ0v) is 20.0. The van der Waals surface area contributed by atoms with E-state index in [0.29, 0.717) is 38.8 Å². The molecule has 0 radical (unpaired) electrons. The summed E-state index contributed by atoms with van der Waals surface area (Å²) in [7, 11) is 5.04. The highest BCUT2D eigenvalue weighted by Gasteiger charge is 2.19. The van der Waals surface area contributed by atoms with Gasteiger partial charge in [-0.25, -0.2) is 4.98 Å². The van der Waals surface area contributed by atoms with Gasteiger partial charge in [-0.1, -0.05) is 23.9 Å². The minimum Gasteiger partial charge on any atom is -0.493 e. The van der Waals surface area contributed by atoms with Crippen LogP contribution in [0, 0.1) is 13.8 Å². The lowest BCUT2D eigenvalue weighted by atomic mass is 10.2. The molecule has 0 fully saturated rings. The third kappa shape index (κ3) is 4.14. The molecule has 0 aliphatic rings. The Kier molecular flexibility index (Phi) is 6.29. The summed E-state index contributed by atoms with van der Waals surface area (Å²) in [5, 5.41) is 0.932. The smallest absolute Gasteiger partial charge is 0.266 e. The average Bonchev–Trinajstić information content (AvgIpc) is 3.09. The first-order valence-corrected chi connectivity index (χ1v) is 11.4. The number of methoxy groups -OCH3 is 2. The minimum absolute atomic E-state index is 0.0116. The van der Waals surface area contributed by atoms with E-state index in [0.717, 1.165) is 11.4 Å². The molecule has 0 aliphatic heterocycles. The van der Waals surface area contributed by atoms with Crippen molar-refractivity contribution in [3.8, 4) is 17.2 Å². The molecule has 0 amide bonds. The van der Waals surface area contributed by atoms with Gasteiger partial charge in [0, 0.05) is 30.1 Å². The zero-order chi connectivity index (χ0) is 23.7. The Bertz CT molecular complexity index is 1420. The first-order valence-electron chi connectivity index (χ1n) is 10.4. The van der Waals surface area contributed by atoms with Crippen LogP contribution in [0.4, 0.5) is 0 Å². The number of carbonyl (C=O) groups excluding carboxylic acids is 1. The van der Waals surface area contributed by atoms with Crippen LogP contribution >= 0.6 is 11.8 Å². The average molecular weight is 464 g/mol. The van der Waals surface area contributed by atoms with Gasteiger partial charge in [0.15, 0.2) is 22.4 Å². The second-order valence-electron chi connectivity index (χ2n) is 7.65. The third-order valence-corrected chi connectivity index (χ3v) is 6.72. The summed E-state index contributed by atoms with van der Waals surface area (Å²) >= 11 is 1.24. The number of benzene rings is 2. The molecule has 0 saturated heterocycles. The van der Waals surface area contributed by atoms with E-state index in [1.807, 2.05) is 37.6 Å². The molecule has 0 N–H and O–H groups in total. The van der Waals surface area contributed by atoms with E-state index in [-0.39, 0.29) is 17.1 Å². The minimum atomic E-state index is -0.213. The van der Waals surface area contributed by atoms with Crippen LogP contribution in [0.25, 0.3) is 16.6 Å². The normalized spacial score (nSPS) is 11.1. The SMILES string of the molecule is COc1ccc(-n2c(SCC(=O)c3cc(C)n(C)c3C)nc3ccccc3c2=O)cc1OC. The number of thioether (sulfide) groups is 1. The van der Waals surface area contributed by atoms with Gasteiger partial charge in [0.1, 0.15) is 0 Å². The molecule has 0 spiro atoms. The highest BCUT2D eigenvalue weighted by atomic mass is 32.2. The standard InChI is InChI=1S/C25H25N3O4S/c1-15-12-19(16(2)27(15)3)21(29)14-33-25-26-20-9-7-6-8-18(20)24(30)28(25)17-10-11-22(31-4)23(13-17)32-5/h6-13H,14H2,1-5H3. The van der Waals surface area contributed by atoms with Gasteiger partial charge in [-0.2, -0.15) is 0 Å². The lowest BCUT2D eigenvalue weighted by Crippen LogP contribution is -2.22. The van der Waals surface area contributed by atoms with E-state index < -0.39 is 0 Å². The van der Waals surface area contributed by atoms with Crippen LogP contribution in [-0.4, -0.2) is 39.9 Å². The van der Waals surface area contributed by atoms with Crippen LogP contribution in [0.5, 0.6) is 11.5 Å². The predicted molar refractivity (Wildman–Crippen MR) is 130 cm³/mol. The number of fused-ring (bicyclic) bond motifs is 1. The van der Waals surface area contributed by atoms with Gasteiger partial charge in [0.25, 0.3) is 5.56 Å². The first-order chi connectivity index (χ1) is 15.8. The number of rotatable bonds is 7. The molecule has 2 aromatic heterocycles. The molecule has 0 bridgehead atoms.